The van der Waals surface area contributed by atoms with E-state index in [0.717, 1.165) is 10.5 Å². The number of carbonyl (C=O) groups is 3. The maximum atomic E-state index is 12.7. The van der Waals surface area contributed by atoms with Gasteiger partial charge >= 0.3 is 5.97 Å². The number of nitrogens with one attached hydrogen (secondary N) is 2. The molecule has 0 saturated heterocycles. The number of thioether (sulfide) groups is 1. The van der Waals surface area contributed by atoms with E-state index in [2.05, 4.69) is 15.6 Å². The van der Waals surface area contributed by atoms with Gasteiger partial charge in [-0.3, -0.25) is 14.4 Å². The van der Waals surface area contributed by atoms with E-state index in [1.807, 2.05) is 12.1 Å². The zero-order chi connectivity index (χ0) is 25.7. The Bertz CT molecular complexity index is 1330. The predicted octanol–water partition coefficient (Wildman–Crippen LogP) is 6.45. The van der Waals surface area contributed by atoms with Crippen molar-refractivity contribution in [1.82, 2.24) is 4.98 Å². The van der Waals surface area contributed by atoms with Gasteiger partial charge in [-0.25, -0.2) is 4.98 Å². The molecule has 186 valence electrons. The molecular formula is C25H21Cl2N3O4S2. The highest BCUT2D eigenvalue weighted by atomic mass is 35.5. The fourth-order valence-electron chi connectivity index (χ4n) is 3.73. The van der Waals surface area contributed by atoms with Crippen molar-refractivity contribution >= 4 is 74.9 Å². The zero-order valence-electron chi connectivity index (χ0n) is 18.7. The van der Waals surface area contributed by atoms with E-state index in [0.29, 0.717) is 39.4 Å². The number of nitrogens with zero attached hydrogens (tertiary/aromatic N) is 1. The van der Waals surface area contributed by atoms with Crippen LogP contribution < -0.4 is 10.6 Å². The third-order valence-corrected chi connectivity index (χ3v) is 7.81. The lowest BCUT2D eigenvalue weighted by Crippen LogP contribution is -2.34. The molecule has 2 unspecified atom stereocenters. The largest absolute Gasteiger partial charge is 0.481 e. The molecule has 11 heteroatoms. The summed E-state index contributed by atoms with van der Waals surface area (Å²) < 4.78 is 0. The van der Waals surface area contributed by atoms with Crippen LogP contribution in [0.25, 0.3) is 11.3 Å². The summed E-state index contributed by atoms with van der Waals surface area (Å²) in [6.45, 7) is 0. The molecule has 3 N–H and O–H groups in total. The van der Waals surface area contributed by atoms with Gasteiger partial charge in [0.05, 0.1) is 28.3 Å². The van der Waals surface area contributed by atoms with Crippen LogP contribution in [-0.4, -0.2) is 33.6 Å². The summed E-state index contributed by atoms with van der Waals surface area (Å²) in [6.07, 6.45) is 4.36. The topological polar surface area (TPSA) is 108 Å². The first kappa shape index (κ1) is 26.2. The van der Waals surface area contributed by atoms with Crippen molar-refractivity contribution in [3.63, 3.8) is 0 Å². The van der Waals surface area contributed by atoms with Crippen molar-refractivity contribution in [3.8, 4) is 11.3 Å². The van der Waals surface area contributed by atoms with E-state index in [4.69, 9.17) is 23.2 Å². The first-order valence-electron chi connectivity index (χ1n) is 10.9. The van der Waals surface area contributed by atoms with Gasteiger partial charge in [0, 0.05) is 26.5 Å². The van der Waals surface area contributed by atoms with Gasteiger partial charge in [0.15, 0.2) is 5.13 Å². The smallest absolute Gasteiger partial charge is 0.307 e. The van der Waals surface area contributed by atoms with Crippen molar-refractivity contribution < 1.29 is 19.5 Å². The second-order valence-electron chi connectivity index (χ2n) is 8.01. The summed E-state index contributed by atoms with van der Waals surface area (Å²) in [5.41, 5.74) is 1.92. The molecule has 0 aliphatic heterocycles. The second-order valence-corrected chi connectivity index (χ2v) is 10.8. The van der Waals surface area contributed by atoms with Gasteiger partial charge in [-0.15, -0.1) is 23.1 Å². The van der Waals surface area contributed by atoms with Gasteiger partial charge in [0.1, 0.15) is 0 Å². The molecule has 1 aromatic heterocycles. The molecule has 36 heavy (non-hydrogen) atoms. The Labute approximate surface area is 225 Å². The number of aliphatic carboxylic acids is 1. The highest BCUT2D eigenvalue weighted by Gasteiger charge is 2.33. The van der Waals surface area contributed by atoms with Crippen LogP contribution in [-0.2, 0) is 14.4 Å². The Morgan fingerprint density at radius 3 is 2.58 bits per heavy atom. The van der Waals surface area contributed by atoms with Crippen molar-refractivity contribution in [1.29, 1.82) is 0 Å². The molecule has 2 atom stereocenters. The van der Waals surface area contributed by atoms with Crippen LogP contribution in [0.3, 0.4) is 0 Å². The minimum absolute atomic E-state index is 0.141. The number of allylic oxidation sites excluding steroid dienone is 2. The Morgan fingerprint density at radius 2 is 1.83 bits per heavy atom. The maximum Gasteiger partial charge on any atom is 0.307 e. The van der Waals surface area contributed by atoms with Crippen molar-refractivity contribution in [2.75, 3.05) is 16.4 Å². The molecule has 0 fully saturated rings. The van der Waals surface area contributed by atoms with Gasteiger partial charge in [-0.2, -0.15) is 0 Å². The molecule has 2 amide bonds. The normalized spacial score (nSPS) is 16.9. The minimum Gasteiger partial charge on any atom is -0.481 e. The lowest BCUT2D eigenvalue weighted by Gasteiger charge is -2.24. The van der Waals surface area contributed by atoms with Crippen molar-refractivity contribution in [2.45, 2.75) is 17.7 Å². The first-order valence-corrected chi connectivity index (χ1v) is 13.5. The summed E-state index contributed by atoms with van der Waals surface area (Å²) >= 11 is 14.8. The first-order chi connectivity index (χ1) is 17.3. The average Bonchev–Trinajstić information content (AvgIpc) is 3.31. The fourth-order valence-corrected chi connectivity index (χ4v) is 5.72. The van der Waals surface area contributed by atoms with Gasteiger partial charge in [-0.1, -0.05) is 41.4 Å². The molecule has 0 spiro atoms. The summed E-state index contributed by atoms with van der Waals surface area (Å²) in [5.74, 6) is -2.75. The minimum atomic E-state index is -0.974. The highest BCUT2D eigenvalue weighted by molar-refractivity contribution is 8.00. The Kier molecular flexibility index (Phi) is 8.68. The quantitative estimate of drug-likeness (QED) is 0.215. The molecule has 4 rings (SSSR count). The number of benzene rings is 2. The molecule has 1 heterocycles. The Balaban J connectivity index is 1.32. The van der Waals surface area contributed by atoms with Crippen LogP contribution in [0.4, 0.5) is 10.8 Å². The molecule has 1 aliphatic rings. The number of amides is 2. The summed E-state index contributed by atoms with van der Waals surface area (Å²) in [4.78, 5) is 41.9. The molecular weight excluding hydrogens is 541 g/mol. The van der Waals surface area contributed by atoms with Crippen molar-refractivity contribution in [2.24, 2.45) is 11.8 Å². The number of halogens is 2. The molecule has 0 radical (unpaired) electrons. The monoisotopic (exact) mass is 561 g/mol. The number of carboxylic acid groups (broad SMARTS) is 1. The van der Waals surface area contributed by atoms with Crippen LogP contribution in [0.2, 0.25) is 10.0 Å². The number of hydrogen-bond donors (Lipinski definition) is 3. The molecule has 0 bridgehead atoms. The van der Waals surface area contributed by atoms with E-state index >= 15 is 0 Å². The van der Waals surface area contributed by atoms with Crippen LogP contribution >= 0.6 is 46.3 Å². The molecule has 7 nitrogen and oxygen atoms in total. The Hall–Kier alpha value is -2.85. The highest BCUT2D eigenvalue weighted by Crippen LogP contribution is 2.33. The maximum absolute atomic E-state index is 12.7. The van der Waals surface area contributed by atoms with E-state index in [-0.39, 0.29) is 17.6 Å². The molecule has 3 aromatic rings. The molecule has 1 aliphatic carbocycles. The van der Waals surface area contributed by atoms with Crippen LogP contribution in [0.15, 0.2) is 64.9 Å². The number of carboxylic acids is 1. The van der Waals surface area contributed by atoms with E-state index in [9.17, 15) is 19.5 Å². The number of anilines is 2. The average molecular weight is 563 g/mol. The number of rotatable bonds is 8. The van der Waals surface area contributed by atoms with Crippen LogP contribution in [0, 0.1) is 11.8 Å². The summed E-state index contributed by atoms with van der Waals surface area (Å²) in [5, 5.41) is 18.3. The van der Waals surface area contributed by atoms with Gasteiger partial charge in [0.25, 0.3) is 0 Å². The lowest BCUT2D eigenvalue weighted by molar-refractivity contribution is -0.146. The van der Waals surface area contributed by atoms with E-state index < -0.39 is 17.8 Å². The summed E-state index contributed by atoms with van der Waals surface area (Å²) in [7, 11) is 0. The SMILES string of the molecule is O=C(CSc1cccc(NC(=O)C2CC=CCC2C(=O)O)c1)Nc1nc(-c2ccc(Cl)cc2Cl)cs1. The lowest BCUT2D eigenvalue weighted by atomic mass is 9.82. The van der Waals surface area contributed by atoms with Gasteiger partial charge < -0.3 is 15.7 Å². The molecule has 2 aromatic carbocycles. The van der Waals surface area contributed by atoms with Crippen LogP contribution in [0.5, 0.6) is 0 Å². The number of hydrogen-bond acceptors (Lipinski definition) is 6. The summed E-state index contributed by atoms with van der Waals surface area (Å²) in [6, 6.07) is 12.2. The number of aromatic nitrogens is 1. The predicted molar refractivity (Wildman–Crippen MR) is 145 cm³/mol. The van der Waals surface area contributed by atoms with Crippen molar-refractivity contribution in [3.05, 3.63) is 70.0 Å². The third kappa shape index (κ3) is 6.67. The van der Waals surface area contributed by atoms with Crippen LogP contribution in [0.1, 0.15) is 12.8 Å². The standard InChI is InChI=1S/C25H21Cl2N3O4S2/c26-14-8-9-19(20(27)10-14)21-12-36-25(29-21)30-22(31)13-35-16-5-3-4-15(11-16)28-23(32)17-6-1-2-7-18(17)24(33)34/h1-5,8-12,17-18H,6-7,13H2,(H,28,32)(H,33,34)(H,29,30,31). The van der Waals surface area contributed by atoms with E-state index in [1.54, 1.807) is 47.9 Å². The number of thiazole rings is 1. The second kappa shape index (κ2) is 11.9. The van der Waals surface area contributed by atoms with E-state index in [1.165, 1.54) is 23.1 Å². The molecule has 0 saturated carbocycles. The number of carbonyl (C=O) groups excluding carboxylic acids is 2. The zero-order valence-corrected chi connectivity index (χ0v) is 21.9. The van der Waals surface area contributed by atoms with Gasteiger partial charge in [0.2, 0.25) is 11.8 Å². The fraction of sp³-hybridized carbons (Fsp3) is 0.200. The third-order valence-electron chi connectivity index (χ3n) is 5.52. The Morgan fingerprint density at radius 1 is 1.06 bits per heavy atom. The van der Waals surface area contributed by atoms with Gasteiger partial charge in [-0.05, 0) is 49.2 Å².